The number of nitrogens with one attached hydrogen (secondary N) is 3. The number of sulfonamides is 1. The maximum Gasteiger partial charge on any atom is 0.244 e. The van der Waals surface area contributed by atoms with Crippen molar-refractivity contribution in [2.75, 3.05) is 13.1 Å². The number of carbonyl (C=O) groups excluding carboxylic acids is 1. The Morgan fingerprint density at radius 1 is 1.35 bits per heavy atom. The number of carbonyl (C=O) groups is 1. The zero-order chi connectivity index (χ0) is 15.3. The summed E-state index contributed by atoms with van der Waals surface area (Å²) in [4.78, 5) is 11.6. The van der Waals surface area contributed by atoms with Crippen LogP contribution in [-0.2, 0) is 14.8 Å². The lowest BCUT2D eigenvalue weighted by molar-refractivity contribution is -0.121. The minimum Gasteiger partial charge on any atom is -0.356 e. The fourth-order valence-corrected chi connectivity index (χ4v) is 3.11. The van der Waals surface area contributed by atoms with Crippen molar-refractivity contribution in [3.63, 3.8) is 0 Å². The summed E-state index contributed by atoms with van der Waals surface area (Å²) in [6.07, 6.45) is 0.113. The first-order valence-electron chi connectivity index (χ1n) is 6.52. The third-order valence-corrected chi connectivity index (χ3v) is 4.40. The van der Waals surface area contributed by atoms with Crippen LogP contribution in [0.5, 0.6) is 0 Å². The number of nitrogens with zero attached hydrogens (tertiary/aromatic N) is 1. The molecular weight excluding hydrogens is 280 g/mol. The standard InChI is InChI=1S/C12H22N4O3S/c1-8(2)7-13-11(17)5-6-14-20(18,19)12-9(3)15-16-10(12)4/h8,14H,5-7H2,1-4H3,(H,13,17)(H,15,16). The van der Waals surface area contributed by atoms with Crippen molar-refractivity contribution in [2.45, 2.75) is 39.0 Å². The lowest BCUT2D eigenvalue weighted by Gasteiger charge is -2.09. The number of rotatable bonds is 7. The quantitative estimate of drug-likeness (QED) is 0.681. The molecule has 0 fully saturated rings. The van der Waals surface area contributed by atoms with Gasteiger partial charge in [-0.05, 0) is 19.8 Å². The number of aromatic amines is 1. The van der Waals surface area contributed by atoms with Gasteiger partial charge in [0.15, 0.2) is 0 Å². The summed E-state index contributed by atoms with van der Waals surface area (Å²) in [6.45, 7) is 7.90. The van der Waals surface area contributed by atoms with Gasteiger partial charge in [0.2, 0.25) is 15.9 Å². The molecule has 0 unspecified atom stereocenters. The molecule has 7 nitrogen and oxygen atoms in total. The maximum atomic E-state index is 12.1. The molecule has 0 aliphatic heterocycles. The van der Waals surface area contributed by atoms with Crippen molar-refractivity contribution >= 4 is 15.9 Å². The Hall–Kier alpha value is -1.41. The van der Waals surface area contributed by atoms with E-state index in [0.29, 0.717) is 23.9 Å². The van der Waals surface area contributed by atoms with Crippen LogP contribution in [0.3, 0.4) is 0 Å². The van der Waals surface area contributed by atoms with E-state index in [4.69, 9.17) is 0 Å². The van der Waals surface area contributed by atoms with Gasteiger partial charge in [-0.15, -0.1) is 0 Å². The van der Waals surface area contributed by atoms with Crippen LogP contribution in [0.25, 0.3) is 0 Å². The molecule has 20 heavy (non-hydrogen) atoms. The second-order valence-electron chi connectivity index (χ2n) is 5.11. The fourth-order valence-electron chi connectivity index (χ4n) is 1.71. The van der Waals surface area contributed by atoms with E-state index in [1.54, 1.807) is 13.8 Å². The second-order valence-corrected chi connectivity index (χ2v) is 6.81. The van der Waals surface area contributed by atoms with E-state index in [0.717, 1.165) is 0 Å². The van der Waals surface area contributed by atoms with Crippen LogP contribution >= 0.6 is 0 Å². The highest BCUT2D eigenvalue weighted by Crippen LogP contribution is 2.15. The summed E-state index contributed by atoms with van der Waals surface area (Å²) in [5.74, 6) is 0.203. The number of amides is 1. The molecule has 1 heterocycles. The Bertz CT molecular complexity index is 544. The minimum atomic E-state index is -3.63. The topological polar surface area (TPSA) is 104 Å². The summed E-state index contributed by atoms with van der Waals surface area (Å²) in [5.41, 5.74) is 0.901. The molecule has 0 aliphatic carbocycles. The summed E-state index contributed by atoms with van der Waals surface area (Å²) < 4.78 is 26.6. The lowest BCUT2D eigenvalue weighted by atomic mass is 10.2. The monoisotopic (exact) mass is 302 g/mol. The molecular formula is C12H22N4O3S. The smallest absolute Gasteiger partial charge is 0.244 e. The van der Waals surface area contributed by atoms with Crippen LogP contribution < -0.4 is 10.0 Å². The summed E-state index contributed by atoms with van der Waals surface area (Å²) in [7, 11) is -3.63. The Balaban J connectivity index is 2.51. The Morgan fingerprint density at radius 2 is 2.00 bits per heavy atom. The van der Waals surface area contributed by atoms with Gasteiger partial charge in [-0.2, -0.15) is 5.10 Å². The normalized spacial score (nSPS) is 11.8. The molecule has 0 bridgehead atoms. The molecule has 0 saturated heterocycles. The average Bonchev–Trinajstić information content (AvgIpc) is 2.66. The maximum absolute atomic E-state index is 12.1. The number of H-pyrrole nitrogens is 1. The van der Waals surface area contributed by atoms with Crippen LogP contribution in [0.15, 0.2) is 4.90 Å². The average molecular weight is 302 g/mol. The van der Waals surface area contributed by atoms with Gasteiger partial charge in [-0.1, -0.05) is 13.8 Å². The highest BCUT2D eigenvalue weighted by molar-refractivity contribution is 7.89. The van der Waals surface area contributed by atoms with E-state index < -0.39 is 10.0 Å². The SMILES string of the molecule is Cc1n[nH]c(C)c1S(=O)(=O)NCCC(=O)NCC(C)C. The molecule has 0 aliphatic rings. The van der Waals surface area contributed by atoms with Crippen molar-refractivity contribution in [3.05, 3.63) is 11.4 Å². The Labute approximate surface area is 119 Å². The van der Waals surface area contributed by atoms with Crippen molar-refractivity contribution in [1.29, 1.82) is 0 Å². The molecule has 0 atom stereocenters. The zero-order valence-electron chi connectivity index (χ0n) is 12.3. The van der Waals surface area contributed by atoms with E-state index in [9.17, 15) is 13.2 Å². The molecule has 1 aromatic heterocycles. The first kappa shape index (κ1) is 16.6. The van der Waals surface area contributed by atoms with Gasteiger partial charge in [-0.3, -0.25) is 9.89 Å². The summed E-state index contributed by atoms with van der Waals surface area (Å²) in [5, 5.41) is 9.21. The number of hydrogen-bond donors (Lipinski definition) is 3. The van der Waals surface area contributed by atoms with Crippen LogP contribution in [-0.4, -0.2) is 37.6 Å². The third-order valence-electron chi connectivity index (χ3n) is 2.68. The molecule has 0 saturated carbocycles. The highest BCUT2D eigenvalue weighted by atomic mass is 32.2. The molecule has 1 aromatic rings. The van der Waals surface area contributed by atoms with Gasteiger partial charge in [0.25, 0.3) is 0 Å². The summed E-state index contributed by atoms with van der Waals surface area (Å²) >= 11 is 0. The van der Waals surface area contributed by atoms with E-state index >= 15 is 0 Å². The molecule has 0 aromatic carbocycles. The Morgan fingerprint density at radius 3 is 2.50 bits per heavy atom. The first-order chi connectivity index (χ1) is 9.24. The fraction of sp³-hybridized carbons (Fsp3) is 0.667. The summed E-state index contributed by atoms with van der Waals surface area (Å²) in [6, 6.07) is 0. The minimum absolute atomic E-state index is 0.0658. The van der Waals surface area contributed by atoms with Crippen LogP contribution in [0, 0.1) is 19.8 Å². The van der Waals surface area contributed by atoms with E-state index in [2.05, 4.69) is 20.2 Å². The van der Waals surface area contributed by atoms with Crippen molar-refractivity contribution in [3.8, 4) is 0 Å². The highest BCUT2D eigenvalue weighted by Gasteiger charge is 2.21. The lowest BCUT2D eigenvalue weighted by Crippen LogP contribution is -2.32. The number of aromatic nitrogens is 2. The van der Waals surface area contributed by atoms with Crippen LogP contribution in [0.2, 0.25) is 0 Å². The zero-order valence-corrected chi connectivity index (χ0v) is 13.1. The van der Waals surface area contributed by atoms with Gasteiger partial charge in [-0.25, -0.2) is 13.1 Å². The van der Waals surface area contributed by atoms with E-state index in [1.165, 1.54) is 0 Å². The molecule has 3 N–H and O–H groups in total. The van der Waals surface area contributed by atoms with Crippen molar-refractivity contribution in [1.82, 2.24) is 20.2 Å². The van der Waals surface area contributed by atoms with Gasteiger partial charge in [0.05, 0.1) is 11.4 Å². The molecule has 0 radical (unpaired) electrons. The predicted molar refractivity (Wildman–Crippen MR) is 75.7 cm³/mol. The third kappa shape index (κ3) is 4.61. The van der Waals surface area contributed by atoms with Gasteiger partial charge < -0.3 is 5.32 Å². The van der Waals surface area contributed by atoms with Crippen molar-refractivity contribution in [2.24, 2.45) is 5.92 Å². The van der Waals surface area contributed by atoms with Gasteiger partial charge in [0, 0.05) is 19.5 Å². The molecule has 0 spiro atoms. The largest absolute Gasteiger partial charge is 0.356 e. The molecule has 114 valence electrons. The second kappa shape index (κ2) is 6.85. The predicted octanol–water partition coefficient (Wildman–Crippen LogP) is 0.467. The van der Waals surface area contributed by atoms with Crippen LogP contribution in [0.1, 0.15) is 31.7 Å². The van der Waals surface area contributed by atoms with Gasteiger partial charge >= 0.3 is 0 Å². The van der Waals surface area contributed by atoms with Crippen LogP contribution in [0.4, 0.5) is 0 Å². The molecule has 8 heteroatoms. The number of hydrogen-bond acceptors (Lipinski definition) is 4. The van der Waals surface area contributed by atoms with Crippen molar-refractivity contribution < 1.29 is 13.2 Å². The Kier molecular flexibility index (Phi) is 5.70. The molecule has 1 rings (SSSR count). The first-order valence-corrected chi connectivity index (χ1v) is 8.00. The molecule has 1 amide bonds. The van der Waals surface area contributed by atoms with E-state index in [1.807, 2.05) is 13.8 Å². The van der Waals surface area contributed by atoms with E-state index in [-0.39, 0.29) is 23.8 Å². The number of aryl methyl sites for hydroxylation is 2. The van der Waals surface area contributed by atoms with Gasteiger partial charge in [0.1, 0.15) is 4.90 Å².